The number of hydrogen-bond donors (Lipinski definition) is 1. The molecular weight excluding hydrogens is 390 g/mol. The third-order valence-corrected chi connectivity index (χ3v) is 4.78. The summed E-state index contributed by atoms with van der Waals surface area (Å²) in [4.78, 5) is 17.9. The Balaban J connectivity index is 1.67. The van der Waals surface area contributed by atoms with Gasteiger partial charge in [0.15, 0.2) is 11.3 Å². The van der Waals surface area contributed by atoms with E-state index in [-0.39, 0.29) is 18.7 Å². The van der Waals surface area contributed by atoms with Crippen LogP contribution in [0.1, 0.15) is 28.5 Å². The van der Waals surface area contributed by atoms with E-state index in [1.54, 1.807) is 29.2 Å². The first-order chi connectivity index (χ1) is 13.9. The number of hydrogen-bond acceptors (Lipinski definition) is 4. The summed E-state index contributed by atoms with van der Waals surface area (Å²) < 4.78 is 53.8. The van der Waals surface area contributed by atoms with Gasteiger partial charge in [0, 0.05) is 6.42 Å². The first-order valence-corrected chi connectivity index (χ1v) is 8.99. The molecule has 0 aliphatic carbocycles. The summed E-state index contributed by atoms with van der Waals surface area (Å²) in [5.74, 6) is -0.789. The highest BCUT2D eigenvalue weighted by Gasteiger charge is 2.34. The molecule has 4 rings (SSSR count). The molecule has 1 aromatic carbocycles. The SMILES string of the molecule is O=C(NCC(F)F)c1cnc2ccc(N3C[C@@H](F)C[C@@H]3c3cccc(F)c3)nn12. The minimum Gasteiger partial charge on any atom is -0.345 e. The van der Waals surface area contributed by atoms with Crippen LogP contribution in [-0.4, -0.2) is 46.2 Å². The molecule has 0 unspecified atom stereocenters. The maximum Gasteiger partial charge on any atom is 0.271 e. The van der Waals surface area contributed by atoms with Gasteiger partial charge in [-0.15, -0.1) is 5.10 Å². The standard InChI is InChI=1S/C19H17F4N5O/c20-12-3-1-2-11(6-12)14-7-13(21)10-27(14)18-5-4-17-24-8-15(28(17)26-18)19(29)25-9-16(22)23/h1-6,8,13-14,16H,7,9-10H2,(H,25,29)/t13-,14+/m0/s1. The second kappa shape index (κ2) is 7.69. The number of imidazole rings is 1. The molecule has 10 heteroatoms. The monoisotopic (exact) mass is 407 g/mol. The zero-order valence-electron chi connectivity index (χ0n) is 15.1. The zero-order chi connectivity index (χ0) is 20.5. The Kier molecular flexibility index (Phi) is 5.08. The fourth-order valence-corrected chi connectivity index (χ4v) is 3.50. The first kappa shape index (κ1) is 19.2. The van der Waals surface area contributed by atoms with E-state index >= 15 is 0 Å². The van der Waals surface area contributed by atoms with Crippen molar-refractivity contribution in [2.75, 3.05) is 18.0 Å². The fraction of sp³-hybridized carbons (Fsp3) is 0.316. The third kappa shape index (κ3) is 3.87. The summed E-state index contributed by atoms with van der Waals surface area (Å²) in [6, 6.07) is 8.76. The van der Waals surface area contributed by atoms with Crippen molar-refractivity contribution in [2.24, 2.45) is 0 Å². The fourth-order valence-electron chi connectivity index (χ4n) is 3.50. The Morgan fingerprint density at radius 2 is 2.10 bits per heavy atom. The average molecular weight is 407 g/mol. The number of carbonyl (C=O) groups excluding carboxylic acids is 1. The molecule has 3 aromatic rings. The second-order valence-corrected chi connectivity index (χ2v) is 6.76. The van der Waals surface area contributed by atoms with Crippen LogP contribution in [-0.2, 0) is 0 Å². The molecule has 0 spiro atoms. The van der Waals surface area contributed by atoms with Crippen molar-refractivity contribution in [1.29, 1.82) is 0 Å². The van der Waals surface area contributed by atoms with E-state index in [0.29, 0.717) is 17.0 Å². The van der Waals surface area contributed by atoms with Crippen LogP contribution < -0.4 is 10.2 Å². The number of benzene rings is 1. The Bertz CT molecular complexity index is 1040. The Morgan fingerprint density at radius 3 is 2.86 bits per heavy atom. The van der Waals surface area contributed by atoms with Gasteiger partial charge in [-0.2, -0.15) is 0 Å². The number of rotatable bonds is 5. The highest BCUT2D eigenvalue weighted by molar-refractivity contribution is 5.93. The molecule has 1 saturated heterocycles. The van der Waals surface area contributed by atoms with Crippen LogP contribution in [0.25, 0.3) is 5.65 Å². The van der Waals surface area contributed by atoms with Gasteiger partial charge in [-0.05, 0) is 29.8 Å². The van der Waals surface area contributed by atoms with Crippen molar-refractivity contribution >= 4 is 17.4 Å². The van der Waals surface area contributed by atoms with Crippen molar-refractivity contribution in [3.63, 3.8) is 0 Å². The molecule has 2 atom stereocenters. The Hall–Kier alpha value is -3.17. The maximum absolute atomic E-state index is 14.2. The lowest BCUT2D eigenvalue weighted by molar-refractivity contribution is 0.0885. The number of anilines is 1. The van der Waals surface area contributed by atoms with Crippen molar-refractivity contribution < 1.29 is 22.4 Å². The average Bonchev–Trinajstić information content (AvgIpc) is 3.29. The molecule has 0 bridgehead atoms. The summed E-state index contributed by atoms with van der Waals surface area (Å²) in [6.45, 7) is -0.732. The summed E-state index contributed by atoms with van der Waals surface area (Å²) in [7, 11) is 0. The number of fused-ring (bicyclic) bond motifs is 1. The summed E-state index contributed by atoms with van der Waals surface area (Å²) in [5.41, 5.74) is 0.947. The van der Waals surface area contributed by atoms with E-state index in [2.05, 4.69) is 15.4 Å². The lowest BCUT2D eigenvalue weighted by atomic mass is 10.0. The minimum absolute atomic E-state index is 0.0131. The van der Waals surface area contributed by atoms with Gasteiger partial charge in [-0.25, -0.2) is 27.1 Å². The largest absolute Gasteiger partial charge is 0.345 e. The number of nitrogens with one attached hydrogen (secondary N) is 1. The van der Waals surface area contributed by atoms with Gasteiger partial charge < -0.3 is 10.2 Å². The van der Waals surface area contributed by atoms with Gasteiger partial charge in [0.05, 0.1) is 25.3 Å². The first-order valence-electron chi connectivity index (χ1n) is 8.99. The van der Waals surface area contributed by atoms with Gasteiger partial charge in [0.25, 0.3) is 12.3 Å². The van der Waals surface area contributed by atoms with Crippen molar-refractivity contribution in [2.45, 2.75) is 25.1 Å². The van der Waals surface area contributed by atoms with E-state index in [4.69, 9.17) is 0 Å². The van der Waals surface area contributed by atoms with Gasteiger partial charge >= 0.3 is 0 Å². The predicted octanol–water partition coefficient (Wildman–Crippen LogP) is 3.15. The lowest BCUT2D eigenvalue weighted by Gasteiger charge is -2.25. The van der Waals surface area contributed by atoms with Gasteiger partial charge in [-0.1, -0.05) is 12.1 Å². The second-order valence-electron chi connectivity index (χ2n) is 6.76. The van der Waals surface area contributed by atoms with Crippen LogP contribution in [0.3, 0.4) is 0 Å². The molecule has 1 amide bonds. The van der Waals surface area contributed by atoms with Gasteiger partial charge in [0.1, 0.15) is 17.8 Å². The molecule has 152 valence electrons. The number of nitrogens with zero attached hydrogens (tertiary/aromatic N) is 4. The van der Waals surface area contributed by atoms with Crippen LogP contribution in [0.2, 0.25) is 0 Å². The van der Waals surface area contributed by atoms with Crippen LogP contribution in [0.5, 0.6) is 0 Å². The molecular formula is C19H17F4N5O. The molecule has 1 N–H and O–H groups in total. The van der Waals surface area contributed by atoms with E-state index < -0.39 is 36.9 Å². The highest BCUT2D eigenvalue weighted by atomic mass is 19.3. The molecule has 2 aromatic heterocycles. The van der Waals surface area contributed by atoms with Gasteiger partial charge in [-0.3, -0.25) is 4.79 Å². The molecule has 0 radical (unpaired) electrons. The van der Waals surface area contributed by atoms with E-state index in [9.17, 15) is 22.4 Å². The lowest BCUT2D eigenvalue weighted by Crippen LogP contribution is -2.30. The molecule has 1 aliphatic heterocycles. The van der Waals surface area contributed by atoms with Crippen molar-refractivity contribution in [1.82, 2.24) is 19.9 Å². The van der Waals surface area contributed by atoms with Crippen LogP contribution in [0, 0.1) is 5.82 Å². The summed E-state index contributed by atoms with van der Waals surface area (Å²) in [6.07, 6.45) is -2.40. The van der Waals surface area contributed by atoms with E-state index in [1.807, 2.05) is 0 Å². The number of halogens is 4. The van der Waals surface area contributed by atoms with Crippen molar-refractivity contribution in [3.05, 3.63) is 59.7 Å². The zero-order valence-corrected chi connectivity index (χ0v) is 15.1. The third-order valence-electron chi connectivity index (χ3n) is 4.78. The maximum atomic E-state index is 14.2. The molecule has 3 heterocycles. The summed E-state index contributed by atoms with van der Waals surface area (Å²) in [5, 5.41) is 6.48. The molecule has 1 aliphatic rings. The highest BCUT2D eigenvalue weighted by Crippen LogP contribution is 2.36. The van der Waals surface area contributed by atoms with Crippen LogP contribution >= 0.6 is 0 Å². The number of amides is 1. The van der Waals surface area contributed by atoms with E-state index in [0.717, 1.165) is 0 Å². The molecule has 6 nitrogen and oxygen atoms in total. The normalized spacial score (nSPS) is 19.3. The molecule has 1 fully saturated rings. The Morgan fingerprint density at radius 1 is 1.28 bits per heavy atom. The van der Waals surface area contributed by atoms with Crippen molar-refractivity contribution in [3.8, 4) is 0 Å². The quantitative estimate of drug-likeness (QED) is 0.660. The number of alkyl halides is 3. The minimum atomic E-state index is -2.68. The smallest absolute Gasteiger partial charge is 0.271 e. The van der Waals surface area contributed by atoms with E-state index in [1.165, 1.54) is 22.8 Å². The number of aromatic nitrogens is 3. The van der Waals surface area contributed by atoms with Crippen LogP contribution in [0.15, 0.2) is 42.6 Å². The molecule has 0 saturated carbocycles. The van der Waals surface area contributed by atoms with Gasteiger partial charge in [0.2, 0.25) is 0 Å². The predicted molar refractivity (Wildman–Crippen MR) is 97.3 cm³/mol. The Labute approximate surface area is 163 Å². The summed E-state index contributed by atoms with van der Waals surface area (Å²) >= 11 is 0. The topological polar surface area (TPSA) is 62.5 Å². The van der Waals surface area contributed by atoms with Crippen LogP contribution in [0.4, 0.5) is 23.4 Å². The molecule has 29 heavy (non-hydrogen) atoms. The number of carbonyl (C=O) groups is 1.